The van der Waals surface area contributed by atoms with Crippen molar-refractivity contribution in [1.82, 2.24) is 10.2 Å². The molecular formula is C14H17N3O3. The second kappa shape index (κ2) is 5.03. The minimum atomic E-state index is -0.445. The van der Waals surface area contributed by atoms with Crippen molar-refractivity contribution in [2.75, 3.05) is 25.0 Å². The number of amides is 3. The maximum Gasteiger partial charge on any atom is 0.324 e. The average molecular weight is 275 g/mol. The lowest BCUT2D eigenvalue weighted by atomic mass is 10.1. The second-order valence-corrected chi connectivity index (χ2v) is 5.01. The maximum absolute atomic E-state index is 12.2. The zero-order chi connectivity index (χ0) is 14.1. The summed E-state index contributed by atoms with van der Waals surface area (Å²) in [6.45, 7) is 3.42. The largest absolute Gasteiger partial charge is 0.493 e. The molecule has 0 unspecified atom stereocenters. The van der Waals surface area contributed by atoms with E-state index in [1.54, 1.807) is 6.92 Å². The molecule has 0 bridgehead atoms. The van der Waals surface area contributed by atoms with Crippen LogP contribution in [0.5, 0.6) is 5.75 Å². The second-order valence-electron chi connectivity index (χ2n) is 5.01. The Kier molecular flexibility index (Phi) is 3.22. The molecule has 6 heteroatoms. The lowest BCUT2D eigenvalue weighted by molar-refractivity contribution is -0.128. The fraction of sp³-hybridized carbons (Fsp3) is 0.429. The molecule has 2 aliphatic heterocycles. The monoisotopic (exact) mass is 275 g/mol. The van der Waals surface area contributed by atoms with Crippen molar-refractivity contribution in [2.45, 2.75) is 19.4 Å². The number of urea groups is 1. The van der Waals surface area contributed by atoms with Gasteiger partial charge in [0.05, 0.1) is 6.61 Å². The van der Waals surface area contributed by atoms with Crippen molar-refractivity contribution in [2.24, 2.45) is 0 Å². The van der Waals surface area contributed by atoms with Gasteiger partial charge in [-0.05, 0) is 30.7 Å². The van der Waals surface area contributed by atoms with E-state index in [-0.39, 0.29) is 11.9 Å². The van der Waals surface area contributed by atoms with Gasteiger partial charge in [0.15, 0.2) is 0 Å². The van der Waals surface area contributed by atoms with E-state index < -0.39 is 6.04 Å². The summed E-state index contributed by atoms with van der Waals surface area (Å²) in [5.41, 5.74) is 2.02. The van der Waals surface area contributed by atoms with Crippen molar-refractivity contribution >= 4 is 17.6 Å². The predicted molar refractivity (Wildman–Crippen MR) is 73.8 cm³/mol. The third kappa shape index (κ3) is 2.29. The van der Waals surface area contributed by atoms with E-state index >= 15 is 0 Å². The first-order valence-corrected chi connectivity index (χ1v) is 6.76. The summed E-state index contributed by atoms with van der Waals surface area (Å²) in [5.74, 6) is 0.699. The highest BCUT2D eigenvalue weighted by Crippen LogP contribution is 2.28. The van der Waals surface area contributed by atoms with E-state index in [4.69, 9.17) is 4.74 Å². The van der Waals surface area contributed by atoms with Gasteiger partial charge in [-0.25, -0.2) is 4.79 Å². The van der Waals surface area contributed by atoms with Gasteiger partial charge in [0.2, 0.25) is 0 Å². The molecule has 6 nitrogen and oxygen atoms in total. The third-order valence-electron chi connectivity index (χ3n) is 3.57. The molecule has 3 rings (SSSR count). The van der Waals surface area contributed by atoms with Crippen LogP contribution in [0, 0.1) is 0 Å². The molecule has 0 aromatic heterocycles. The fourth-order valence-electron chi connectivity index (χ4n) is 2.50. The first kappa shape index (κ1) is 12.8. The topological polar surface area (TPSA) is 70.7 Å². The van der Waals surface area contributed by atoms with E-state index in [0.29, 0.717) is 19.7 Å². The molecule has 106 valence electrons. The zero-order valence-corrected chi connectivity index (χ0v) is 11.3. The zero-order valence-electron chi connectivity index (χ0n) is 11.3. The minimum Gasteiger partial charge on any atom is -0.493 e. The molecule has 1 atom stereocenters. The Balaban J connectivity index is 1.68. The standard InChI is InChI=1S/C14H17N3O3/c1-9(13(18)17-6-5-15-14(17)19)16-11-2-3-12-10(8-11)4-7-20-12/h2-3,8-9,16H,4-7H2,1H3,(H,15,19)/t9-/m1/s1. The van der Waals surface area contributed by atoms with Gasteiger partial charge in [0.1, 0.15) is 11.8 Å². The Morgan fingerprint density at radius 1 is 1.50 bits per heavy atom. The van der Waals surface area contributed by atoms with E-state index in [9.17, 15) is 9.59 Å². The number of ether oxygens (including phenoxy) is 1. The number of benzene rings is 1. The van der Waals surface area contributed by atoms with E-state index in [0.717, 1.165) is 23.4 Å². The smallest absolute Gasteiger partial charge is 0.324 e. The Hall–Kier alpha value is -2.24. The van der Waals surface area contributed by atoms with Crippen LogP contribution in [0.1, 0.15) is 12.5 Å². The number of carbonyl (C=O) groups excluding carboxylic acids is 2. The summed E-state index contributed by atoms with van der Waals surface area (Å²) in [6.07, 6.45) is 0.891. The van der Waals surface area contributed by atoms with E-state index in [1.165, 1.54) is 4.90 Å². The Morgan fingerprint density at radius 2 is 2.35 bits per heavy atom. The van der Waals surface area contributed by atoms with Crippen molar-refractivity contribution in [3.63, 3.8) is 0 Å². The first-order valence-electron chi connectivity index (χ1n) is 6.76. The summed E-state index contributed by atoms with van der Waals surface area (Å²) >= 11 is 0. The molecule has 0 radical (unpaired) electrons. The van der Waals surface area contributed by atoms with Crippen LogP contribution in [0.15, 0.2) is 18.2 Å². The highest BCUT2D eigenvalue weighted by atomic mass is 16.5. The summed E-state index contributed by atoms with van der Waals surface area (Å²) in [6, 6.07) is 5.03. The average Bonchev–Trinajstić information content (AvgIpc) is 3.05. The molecule has 1 aromatic rings. The van der Waals surface area contributed by atoms with E-state index in [2.05, 4.69) is 10.6 Å². The van der Waals surface area contributed by atoms with Gasteiger partial charge in [-0.15, -0.1) is 0 Å². The predicted octanol–water partition coefficient (Wildman–Crippen LogP) is 0.974. The Morgan fingerprint density at radius 3 is 3.10 bits per heavy atom. The molecule has 2 N–H and O–H groups in total. The number of imide groups is 1. The molecule has 3 amide bonds. The number of carbonyl (C=O) groups is 2. The number of anilines is 1. The number of nitrogens with zero attached hydrogens (tertiary/aromatic N) is 1. The van der Waals surface area contributed by atoms with Crippen LogP contribution in [0.3, 0.4) is 0 Å². The molecule has 0 spiro atoms. The first-order chi connectivity index (χ1) is 9.65. The van der Waals surface area contributed by atoms with Crippen LogP contribution in [0.2, 0.25) is 0 Å². The highest BCUT2D eigenvalue weighted by Gasteiger charge is 2.29. The molecular weight excluding hydrogens is 258 g/mol. The molecule has 2 heterocycles. The van der Waals surface area contributed by atoms with Crippen LogP contribution < -0.4 is 15.4 Å². The molecule has 20 heavy (non-hydrogen) atoms. The highest BCUT2D eigenvalue weighted by molar-refractivity contribution is 5.99. The molecule has 0 aliphatic carbocycles. The SMILES string of the molecule is C[C@@H](Nc1ccc2c(c1)CCO2)C(=O)N1CCNC1=O. The Labute approximate surface area is 117 Å². The van der Waals surface area contributed by atoms with Gasteiger partial charge in [-0.1, -0.05) is 0 Å². The van der Waals surface area contributed by atoms with Gasteiger partial charge in [-0.3, -0.25) is 9.69 Å². The third-order valence-corrected chi connectivity index (χ3v) is 3.57. The number of nitrogens with one attached hydrogen (secondary N) is 2. The summed E-state index contributed by atoms with van der Waals surface area (Å²) in [7, 11) is 0. The molecule has 1 aromatic carbocycles. The summed E-state index contributed by atoms with van der Waals surface area (Å²) in [5, 5.41) is 5.77. The van der Waals surface area contributed by atoms with Crippen LogP contribution >= 0.6 is 0 Å². The molecule has 1 saturated heterocycles. The normalized spacial score (nSPS) is 18.2. The number of fused-ring (bicyclic) bond motifs is 1. The van der Waals surface area contributed by atoms with Crippen LogP contribution in [0.25, 0.3) is 0 Å². The van der Waals surface area contributed by atoms with Crippen molar-refractivity contribution in [3.05, 3.63) is 23.8 Å². The number of hydrogen-bond donors (Lipinski definition) is 2. The van der Waals surface area contributed by atoms with E-state index in [1.807, 2.05) is 18.2 Å². The van der Waals surface area contributed by atoms with Crippen molar-refractivity contribution in [3.8, 4) is 5.75 Å². The van der Waals surface area contributed by atoms with Gasteiger partial charge in [-0.2, -0.15) is 0 Å². The Bertz CT molecular complexity index is 559. The maximum atomic E-state index is 12.2. The van der Waals surface area contributed by atoms with Gasteiger partial charge >= 0.3 is 6.03 Å². The lowest BCUT2D eigenvalue weighted by Crippen LogP contribution is -2.43. The number of rotatable bonds is 3. The molecule has 1 fully saturated rings. The number of hydrogen-bond acceptors (Lipinski definition) is 4. The van der Waals surface area contributed by atoms with Gasteiger partial charge in [0, 0.05) is 25.2 Å². The quantitative estimate of drug-likeness (QED) is 0.862. The summed E-state index contributed by atoms with van der Waals surface area (Å²) < 4.78 is 5.45. The van der Waals surface area contributed by atoms with Crippen molar-refractivity contribution < 1.29 is 14.3 Å². The van der Waals surface area contributed by atoms with Crippen LogP contribution in [0.4, 0.5) is 10.5 Å². The van der Waals surface area contributed by atoms with Crippen LogP contribution in [-0.4, -0.2) is 42.6 Å². The lowest BCUT2D eigenvalue weighted by Gasteiger charge is -2.20. The minimum absolute atomic E-state index is 0.211. The van der Waals surface area contributed by atoms with Gasteiger partial charge in [0.25, 0.3) is 5.91 Å². The van der Waals surface area contributed by atoms with Crippen molar-refractivity contribution in [1.29, 1.82) is 0 Å². The fourth-order valence-corrected chi connectivity index (χ4v) is 2.50. The van der Waals surface area contributed by atoms with Crippen LogP contribution in [-0.2, 0) is 11.2 Å². The molecule has 2 aliphatic rings. The van der Waals surface area contributed by atoms with Gasteiger partial charge < -0.3 is 15.4 Å². The molecule has 0 saturated carbocycles. The summed E-state index contributed by atoms with van der Waals surface area (Å²) in [4.78, 5) is 24.9.